The minimum Gasteiger partial charge on any atom is -0.493 e. The van der Waals surface area contributed by atoms with Crippen LogP contribution >= 0.6 is 0 Å². The Morgan fingerprint density at radius 2 is 2.11 bits per heavy atom. The van der Waals surface area contributed by atoms with Gasteiger partial charge in [-0.15, -0.1) is 0 Å². The van der Waals surface area contributed by atoms with E-state index in [-0.39, 0.29) is 11.4 Å². The molecule has 5 heteroatoms. The van der Waals surface area contributed by atoms with Crippen molar-refractivity contribution in [2.24, 2.45) is 0 Å². The highest BCUT2D eigenvalue weighted by molar-refractivity contribution is 5.24. The van der Waals surface area contributed by atoms with Crippen LogP contribution in [0.1, 0.15) is 50.4 Å². The first kappa shape index (κ1) is 13.1. The normalized spacial score (nSPS) is 18.1. The standard InChI is InChI=1S/C13H20N2O3/c1-3-6-9-10(16)14-12(15-11(9)17)13(18-2)7-4-5-8-13/h3-8H2,1-2H3,(H2,14,15,16,17). The van der Waals surface area contributed by atoms with E-state index >= 15 is 0 Å². The van der Waals surface area contributed by atoms with Gasteiger partial charge in [-0.05, 0) is 32.1 Å². The number of rotatable bonds is 4. The number of ether oxygens (including phenoxy) is 1. The molecule has 1 aromatic rings. The Hall–Kier alpha value is -1.36. The van der Waals surface area contributed by atoms with Crippen molar-refractivity contribution in [1.29, 1.82) is 0 Å². The van der Waals surface area contributed by atoms with Crippen LogP contribution in [0.15, 0.2) is 4.79 Å². The van der Waals surface area contributed by atoms with Crippen LogP contribution in [0, 0.1) is 0 Å². The Morgan fingerprint density at radius 1 is 1.44 bits per heavy atom. The van der Waals surface area contributed by atoms with Gasteiger partial charge < -0.3 is 14.8 Å². The summed E-state index contributed by atoms with van der Waals surface area (Å²) in [5, 5.41) is 9.89. The molecule has 0 aliphatic heterocycles. The maximum Gasteiger partial charge on any atom is 0.258 e. The second kappa shape index (κ2) is 5.10. The molecule has 2 rings (SSSR count). The van der Waals surface area contributed by atoms with Crippen molar-refractivity contribution < 1.29 is 9.84 Å². The molecule has 1 saturated carbocycles. The van der Waals surface area contributed by atoms with Gasteiger partial charge in [-0.2, -0.15) is 4.98 Å². The van der Waals surface area contributed by atoms with Crippen LogP contribution in [0.5, 0.6) is 5.88 Å². The lowest BCUT2D eigenvalue weighted by molar-refractivity contribution is -0.0169. The van der Waals surface area contributed by atoms with Crippen LogP contribution < -0.4 is 5.56 Å². The number of H-pyrrole nitrogens is 1. The van der Waals surface area contributed by atoms with Crippen LogP contribution in [0.3, 0.4) is 0 Å². The van der Waals surface area contributed by atoms with Gasteiger partial charge in [0.05, 0.1) is 5.56 Å². The Labute approximate surface area is 106 Å². The monoisotopic (exact) mass is 252 g/mol. The summed E-state index contributed by atoms with van der Waals surface area (Å²) >= 11 is 0. The average Bonchev–Trinajstić information content (AvgIpc) is 2.83. The lowest BCUT2D eigenvalue weighted by atomic mass is 10.0. The van der Waals surface area contributed by atoms with E-state index in [1.54, 1.807) is 7.11 Å². The van der Waals surface area contributed by atoms with Crippen LogP contribution in [-0.2, 0) is 16.8 Å². The Morgan fingerprint density at radius 3 is 2.61 bits per heavy atom. The summed E-state index contributed by atoms with van der Waals surface area (Å²) in [7, 11) is 1.63. The number of nitrogens with one attached hydrogen (secondary N) is 1. The molecule has 0 aromatic carbocycles. The second-order valence-electron chi connectivity index (χ2n) is 4.87. The fraction of sp³-hybridized carbons (Fsp3) is 0.692. The first-order valence-electron chi connectivity index (χ1n) is 6.51. The van der Waals surface area contributed by atoms with E-state index in [1.807, 2.05) is 6.92 Å². The van der Waals surface area contributed by atoms with Gasteiger partial charge in [0.15, 0.2) is 0 Å². The molecule has 2 N–H and O–H groups in total. The Bertz CT molecular complexity index is 476. The summed E-state index contributed by atoms with van der Waals surface area (Å²) in [5.74, 6) is 0.309. The van der Waals surface area contributed by atoms with E-state index in [0.717, 1.165) is 32.1 Å². The second-order valence-corrected chi connectivity index (χ2v) is 4.87. The van der Waals surface area contributed by atoms with Gasteiger partial charge in [0.25, 0.3) is 5.56 Å². The fourth-order valence-electron chi connectivity index (χ4n) is 2.66. The summed E-state index contributed by atoms with van der Waals surface area (Å²) in [6, 6.07) is 0. The maximum atomic E-state index is 12.0. The Kier molecular flexibility index (Phi) is 3.71. The van der Waals surface area contributed by atoms with Crippen molar-refractivity contribution in [2.75, 3.05) is 7.11 Å². The molecule has 1 aromatic heterocycles. The highest BCUT2D eigenvalue weighted by atomic mass is 16.5. The topological polar surface area (TPSA) is 75.2 Å². The van der Waals surface area contributed by atoms with Crippen molar-refractivity contribution in [3.8, 4) is 5.88 Å². The number of hydrogen-bond donors (Lipinski definition) is 2. The van der Waals surface area contributed by atoms with E-state index in [0.29, 0.717) is 17.8 Å². The molecule has 0 atom stereocenters. The highest BCUT2D eigenvalue weighted by Crippen LogP contribution is 2.40. The number of aromatic amines is 1. The van der Waals surface area contributed by atoms with E-state index in [4.69, 9.17) is 4.74 Å². The van der Waals surface area contributed by atoms with Gasteiger partial charge >= 0.3 is 0 Å². The minimum absolute atomic E-state index is 0.154. The van der Waals surface area contributed by atoms with Crippen LogP contribution in [-0.4, -0.2) is 22.2 Å². The minimum atomic E-state index is -0.526. The number of nitrogens with zero attached hydrogens (tertiary/aromatic N) is 1. The quantitative estimate of drug-likeness (QED) is 0.857. The zero-order valence-corrected chi connectivity index (χ0v) is 11.0. The average molecular weight is 252 g/mol. The number of hydrogen-bond acceptors (Lipinski definition) is 4. The highest BCUT2D eigenvalue weighted by Gasteiger charge is 2.38. The molecule has 1 fully saturated rings. The molecule has 0 bridgehead atoms. The molecule has 100 valence electrons. The smallest absolute Gasteiger partial charge is 0.258 e. The molecule has 0 saturated heterocycles. The van der Waals surface area contributed by atoms with Gasteiger partial charge in [-0.3, -0.25) is 4.79 Å². The van der Waals surface area contributed by atoms with Gasteiger partial charge in [-0.1, -0.05) is 13.3 Å². The predicted molar refractivity (Wildman–Crippen MR) is 67.7 cm³/mol. The number of aromatic hydroxyl groups is 1. The largest absolute Gasteiger partial charge is 0.493 e. The third-order valence-electron chi connectivity index (χ3n) is 3.73. The predicted octanol–water partition coefficient (Wildman–Crippen LogP) is 1.84. The Balaban J connectivity index is 2.44. The molecule has 18 heavy (non-hydrogen) atoms. The van der Waals surface area contributed by atoms with Gasteiger partial charge in [0, 0.05) is 7.11 Å². The maximum absolute atomic E-state index is 12.0. The summed E-state index contributed by atoms with van der Waals surface area (Å²) in [5.41, 5.74) is -0.408. The molecular formula is C13H20N2O3. The molecule has 1 aliphatic carbocycles. The first-order chi connectivity index (χ1) is 8.63. The van der Waals surface area contributed by atoms with E-state index in [1.165, 1.54) is 0 Å². The van der Waals surface area contributed by atoms with E-state index in [9.17, 15) is 9.90 Å². The number of methoxy groups -OCH3 is 1. The lowest BCUT2D eigenvalue weighted by Crippen LogP contribution is -2.31. The zero-order chi connectivity index (χ0) is 13.2. The molecule has 0 spiro atoms. The third kappa shape index (κ3) is 2.14. The summed E-state index contributed by atoms with van der Waals surface area (Å²) in [6.07, 6.45) is 5.10. The van der Waals surface area contributed by atoms with Crippen molar-refractivity contribution in [3.05, 3.63) is 21.7 Å². The lowest BCUT2D eigenvalue weighted by Gasteiger charge is -2.26. The van der Waals surface area contributed by atoms with Gasteiger partial charge in [0.1, 0.15) is 11.4 Å². The van der Waals surface area contributed by atoms with Crippen LogP contribution in [0.25, 0.3) is 0 Å². The fourth-order valence-corrected chi connectivity index (χ4v) is 2.66. The van der Waals surface area contributed by atoms with Crippen molar-refractivity contribution >= 4 is 0 Å². The molecule has 0 unspecified atom stereocenters. The molecule has 0 amide bonds. The van der Waals surface area contributed by atoms with Crippen molar-refractivity contribution in [2.45, 2.75) is 51.0 Å². The molecule has 1 aliphatic rings. The van der Waals surface area contributed by atoms with Crippen molar-refractivity contribution in [1.82, 2.24) is 9.97 Å². The summed E-state index contributed by atoms with van der Waals surface area (Å²) in [6.45, 7) is 1.96. The first-order valence-corrected chi connectivity index (χ1v) is 6.51. The molecule has 0 radical (unpaired) electrons. The SMILES string of the molecule is CCCc1c(O)nc(C2(OC)CCCC2)[nH]c1=O. The van der Waals surface area contributed by atoms with Crippen LogP contribution in [0.4, 0.5) is 0 Å². The molecule has 1 heterocycles. The summed E-state index contributed by atoms with van der Waals surface area (Å²) < 4.78 is 5.55. The van der Waals surface area contributed by atoms with Gasteiger partial charge in [0.2, 0.25) is 5.88 Å². The third-order valence-corrected chi connectivity index (χ3v) is 3.73. The zero-order valence-electron chi connectivity index (χ0n) is 11.0. The van der Waals surface area contributed by atoms with Gasteiger partial charge in [-0.25, -0.2) is 0 Å². The van der Waals surface area contributed by atoms with E-state index < -0.39 is 5.60 Å². The molecular weight excluding hydrogens is 232 g/mol. The summed E-state index contributed by atoms with van der Waals surface area (Å²) in [4.78, 5) is 18.9. The number of aromatic nitrogens is 2. The molecule has 5 nitrogen and oxygen atoms in total. The van der Waals surface area contributed by atoms with Crippen molar-refractivity contribution in [3.63, 3.8) is 0 Å². The van der Waals surface area contributed by atoms with E-state index in [2.05, 4.69) is 9.97 Å². The van der Waals surface area contributed by atoms with Crippen LogP contribution in [0.2, 0.25) is 0 Å².